The van der Waals surface area contributed by atoms with E-state index in [1.807, 2.05) is 6.92 Å². The minimum absolute atomic E-state index is 0.193. The third-order valence-corrected chi connectivity index (χ3v) is 2.48. The van der Waals surface area contributed by atoms with Crippen LogP contribution in [0.1, 0.15) is 26.2 Å². The van der Waals surface area contributed by atoms with Gasteiger partial charge >= 0.3 is 0 Å². The van der Waals surface area contributed by atoms with Crippen LogP contribution in [-0.4, -0.2) is 29.3 Å². The van der Waals surface area contributed by atoms with Crippen molar-refractivity contribution in [2.24, 2.45) is 0 Å². The first-order valence-electron chi connectivity index (χ1n) is 4.52. The fourth-order valence-corrected chi connectivity index (χ4v) is 1.63. The molecule has 0 aromatic carbocycles. The summed E-state index contributed by atoms with van der Waals surface area (Å²) >= 11 is 0. The van der Waals surface area contributed by atoms with Crippen molar-refractivity contribution in [3.8, 4) is 0 Å². The lowest BCUT2D eigenvalue weighted by atomic mass is 9.91. The van der Waals surface area contributed by atoms with Crippen molar-refractivity contribution in [1.29, 1.82) is 0 Å². The van der Waals surface area contributed by atoms with Gasteiger partial charge in [-0.3, -0.25) is 14.9 Å². The molecule has 1 rings (SSSR count). The number of nitrogens with one attached hydrogen (secondary N) is 1. The third kappa shape index (κ3) is 1.70. The Kier molecular flexibility index (Phi) is 2.98. The van der Waals surface area contributed by atoms with Crippen LogP contribution in [0.3, 0.4) is 0 Å². The molecule has 0 aromatic rings. The highest BCUT2D eigenvalue weighted by molar-refractivity contribution is 5.87. The lowest BCUT2D eigenvalue weighted by molar-refractivity contribution is -0.546. The van der Waals surface area contributed by atoms with Crippen LogP contribution in [0.15, 0.2) is 0 Å². The Balaban J connectivity index is 2.78. The molecule has 0 amide bonds. The number of hydrogen-bond donors (Lipinski definition) is 1. The molecule has 1 heterocycles. The van der Waals surface area contributed by atoms with E-state index in [4.69, 9.17) is 0 Å². The summed E-state index contributed by atoms with van der Waals surface area (Å²) in [6.45, 7) is 2.61. The Labute approximate surface area is 76.7 Å². The molecule has 1 aliphatic rings. The Bertz CT molecular complexity index is 221. The second-order valence-electron chi connectivity index (χ2n) is 3.39. The summed E-state index contributed by atoms with van der Waals surface area (Å²) in [6, 6.07) is 0. The predicted octanol–water partition coefficient (Wildman–Crippen LogP) is 0.364. The van der Waals surface area contributed by atoms with Gasteiger partial charge in [0.25, 0.3) is 5.54 Å². The largest absolute Gasteiger partial charge is 0.310 e. The lowest BCUT2D eigenvalue weighted by Gasteiger charge is -2.16. The number of rotatable bonds is 4. The van der Waals surface area contributed by atoms with Gasteiger partial charge in [0.2, 0.25) is 5.78 Å². The van der Waals surface area contributed by atoms with Crippen LogP contribution in [0.25, 0.3) is 0 Å². The van der Waals surface area contributed by atoms with Gasteiger partial charge < -0.3 is 5.32 Å². The van der Waals surface area contributed by atoms with E-state index in [1.165, 1.54) is 0 Å². The van der Waals surface area contributed by atoms with Gasteiger partial charge in [-0.05, 0) is 6.42 Å². The molecule has 0 spiro atoms. The molecule has 1 unspecified atom stereocenters. The Morgan fingerprint density at radius 1 is 1.69 bits per heavy atom. The predicted molar refractivity (Wildman–Crippen MR) is 47.1 cm³/mol. The Hall–Kier alpha value is -0.970. The smallest absolute Gasteiger partial charge is 0.292 e. The molecule has 1 saturated heterocycles. The van der Waals surface area contributed by atoms with Gasteiger partial charge in [0, 0.05) is 24.3 Å². The molecule has 74 valence electrons. The fourth-order valence-electron chi connectivity index (χ4n) is 1.63. The molecule has 5 heteroatoms. The molecular weight excluding hydrogens is 172 g/mol. The normalized spacial score (nSPS) is 27.5. The zero-order valence-electron chi connectivity index (χ0n) is 7.71. The summed E-state index contributed by atoms with van der Waals surface area (Å²) in [4.78, 5) is 21.9. The number of nitrogens with zero attached hydrogens (tertiary/aromatic N) is 1. The highest BCUT2D eigenvalue weighted by Gasteiger charge is 2.51. The number of Topliss-reactive ketones (excluding diaryl/α,β-unsaturated/α-hetero) is 1. The molecule has 13 heavy (non-hydrogen) atoms. The van der Waals surface area contributed by atoms with Crippen molar-refractivity contribution in [3.63, 3.8) is 0 Å². The molecule has 1 atom stereocenters. The minimum atomic E-state index is -1.32. The number of ketones is 1. The first-order valence-corrected chi connectivity index (χ1v) is 4.52. The third-order valence-electron chi connectivity index (χ3n) is 2.48. The van der Waals surface area contributed by atoms with E-state index in [0.29, 0.717) is 25.8 Å². The van der Waals surface area contributed by atoms with Gasteiger partial charge in [-0.15, -0.1) is 0 Å². The van der Waals surface area contributed by atoms with E-state index in [-0.39, 0.29) is 12.3 Å². The van der Waals surface area contributed by atoms with Crippen molar-refractivity contribution in [2.75, 3.05) is 13.1 Å². The van der Waals surface area contributed by atoms with Crippen molar-refractivity contribution in [3.05, 3.63) is 10.1 Å². The van der Waals surface area contributed by atoms with Gasteiger partial charge in [0.05, 0.1) is 6.54 Å². The average molecular weight is 186 g/mol. The Morgan fingerprint density at radius 2 is 2.38 bits per heavy atom. The minimum Gasteiger partial charge on any atom is -0.310 e. The molecule has 5 nitrogen and oxygen atoms in total. The van der Waals surface area contributed by atoms with Crippen molar-refractivity contribution in [2.45, 2.75) is 31.7 Å². The summed E-state index contributed by atoms with van der Waals surface area (Å²) in [5, 5.41) is 13.7. The molecule has 1 N–H and O–H groups in total. The van der Waals surface area contributed by atoms with Crippen LogP contribution >= 0.6 is 0 Å². The van der Waals surface area contributed by atoms with E-state index in [1.54, 1.807) is 0 Å². The quantitative estimate of drug-likeness (QED) is 0.508. The molecule has 0 aromatic heterocycles. The summed E-state index contributed by atoms with van der Waals surface area (Å²) in [5.41, 5.74) is -1.32. The summed E-state index contributed by atoms with van der Waals surface area (Å²) < 4.78 is 0. The van der Waals surface area contributed by atoms with Gasteiger partial charge in [-0.25, -0.2) is 0 Å². The van der Waals surface area contributed by atoms with Gasteiger partial charge in [0.15, 0.2) is 0 Å². The van der Waals surface area contributed by atoms with Crippen molar-refractivity contribution < 1.29 is 9.72 Å². The molecule has 0 aliphatic carbocycles. The SMILES string of the molecule is CCCC(=O)C1([N+](=O)[O-])CCNC1. The van der Waals surface area contributed by atoms with Crippen LogP contribution < -0.4 is 5.32 Å². The summed E-state index contributed by atoms with van der Waals surface area (Å²) in [7, 11) is 0. The maximum atomic E-state index is 11.5. The van der Waals surface area contributed by atoms with E-state index in [0.717, 1.165) is 0 Å². The van der Waals surface area contributed by atoms with Crippen LogP contribution in [0.2, 0.25) is 0 Å². The Morgan fingerprint density at radius 3 is 2.77 bits per heavy atom. The highest BCUT2D eigenvalue weighted by atomic mass is 16.6. The topological polar surface area (TPSA) is 72.2 Å². The molecule has 0 radical (unpaired) electrons. The lowest BCUT2D eigenvalue weighted by Crippen LogP contribution is -2.48. The zero-order chi connectivity index (χ0) is 9.90. The number of hydrogen-bond acceptors (Lipinski definition) is 4. The maximum Gasteiger partial charge on any atom is 0.292 e. The standard InChI is InChI=1S/C8H14N2O3/c1-2-3-7(11)8(10(12)13)4-5-9-6-8/h9H,2-6H2,1H3. The second-order valence-corrected chi connectivity index (χ2v) is 3.39. The molecule has 0 bridgehead atoms. The average Bonchev–Trinajstić information content (AvgIpc) is 2.53. The second kappa shape index (κ2) is 3.83. The molecular formula is C8H14N2O3. The van der Waals surface area contributed by atoms with E-state index in [9.17, 15) is 14.9 Å². The highest BCUT2D eigenvalue weighted by Crippen LogP contribution is 2.22. The summed E-state index contributed by atoms with van der Waals surface area (Å²) in [5.74, 6) is -0.231. The maximum absolute atomic E-state index is 11.5. The molecule has 0 saturated carbocycles. The number of carbonyl (C=O) groups excluding carboxylic acids is 1. The molecule has 1 fully saturated rings. The van der Waals surface area contributed by atoms with Crippen LogP contribution in [0, 0.1) is 10.1 Å². The van der Waals surface area contributed by atoms with Gasteiger partial charge in [-0.1, -0.05) is 6.92 Å². The zero-order valence-corrected chi connectivity index (χ0v) is 7.71. The van der Waals surface area contributed by atoms with Crippen molar-refractivity contribution in [1.82, 2.24) is 5.32 Å². The number of nitro groups is 1. The van der Waals surface area contributed by atoms with Crippen LogP contribution in [0.5, 0.6) is 0 Å². The van der Waals surface area contributed by atoms with E-state index < -0.39 is 10.5 Å². The first kappa shape index (κ1) is 10.1. The van der Waals surface area contributed by atoms with Crippen LogP contribution in [0.4, 0.5) is 0 Å². The van der Waals surface area contributed by atoms with Crippen molar-refractivity contribution >= 4 is 5.78 Å². The summed E-state index contributed by atoms with van der Waals surface area (Å²) in [6.07, 6.45) is 1.32. The van der Waals surface area contributed by atoms with Crippen LogP contribution in [-0.2, 0) is 4.79 Å². The van der Waals surface area contributed by atoms with E-state index >= 15 is 0 Å². The first-order chi connectivity index (χ1) is 6.13. The monoisotopic (exact) mass is 186 g/mol. The van der Waals surface area contributed by atoms with Gasteiger partial charge in [-0.2, -0.15) is 0 Å². The molecule has 1 aliphatic heterocycles. The fraction of sp³-hybridized carbons (Fsp3) is 0.875. The van der Waals surface area contributed by atoms with E-state index in [2.05, 4.69) is 5.32 Å². The van der Waals surface area contributed by atoms with Gasteiger partial charge in [0.1, 0.15) is 0 Å². The number of carbonyl (C=O) groups is 1.